The number of phenols is 1. The molecule has 0 aliphatic heterocycles. The first-order valence-corrected chi connectivity index (χ1v) is 6.97. The van der Waals surface area contributed by atoms with E-state index in [0.29, 0.717) is 22.4 Å². The molecule has 4 heteroatoms. The molecule has 20 heavy (non-hydrogen) atoms. The van der Waals surface area contributed by atoms with Crippen molar-refractivity contribution in [2.45, 2.75) is 37.6 Å². The second-order valence-electron chi connectivity index (χ2n) is 5.49. The normalized spacial score (nSPS) is 22.6. The molecule has 1 aliphatic carbocycles. The number of benzene rings is 1. The van der Waals surface area contributed by atoms with Crippen molar-refractivity contribution < 1.29 is 5.11 Å². The van der Waals surface area contributed by atoms with E-state index in [1.807, 2.05) is 6.07 Å². The lowest BCUT2D eigenvalue weighted by atomic mass is 9.80. The molecule has 1 saturated carbocycles. The largest absolute Gasteiger partial charge is 0.507 e. The third-order valence-corrected chi connectivity index (χ3v) is 4.18. The summed E-state index contributed by atoms with van der Waals surface area (Å²) in [5.41, 5.74) is 8.23. The number of nitrogens with two attached hydrogens (primary N) is 1. The fourth-order valence-electron chi connectivity index (χ4n) is 3.22. The summed E-state index contributed by atoms with van der Waals surface area (Å²) < 4.78 is 0. The summed E-state index contributed by atoms with van der Waals surface area (Å²) in [6, 6.07) is 7.50. The topological polar surface area (TPSA) is 82.9 Å². The van der Waals surface area contributed by atoms with Crippen LogP contribution in [-0.2, 0) is 0 Å². The molecule has 3 rings (SSSR count). The van der Waals surface area contributed by atoms with Gasteiger partial charge >= 0.3 is 0 Å². The van der Waals surface area contributed by atoms with Gasteiger partial charge in [0.1, 0.15) is 11.8 Å². The van der Waals surface area contributed by atoms with Crippen LogP contribution in [0, 0.1) is 11.3 Å². The van der Waals surface area contributed by atoms with E-state index in [1.54, 1.807) is 18.3 Å². The minimum absolute atomic E-state index is 0.196. The molecule has 3 N–H and O–H groups in total. The Morgan fingerprint density at radius 1 is 1.30 bits per heavy atom. The zero-order valence-corrected chi connectivity index (χ0v) is 11.2. The van der Waals surface area contributed by atoms with E-state index >= 15 is 0 Å². The van der Waals surface area contributed by atoms with Gasteiger partial charge in [-0.15, -0.1) is 0 Å². The molecule has 2 atom stereocenters. The van der Waals surface area contributed by atoms with Crippen LogP contribution in [0.3, 0.4) is 0 Å². The van der Waals surface area contributed by atoms with Gasteiger partial charge in [-0.05, 0) is 48.9 Å². The summed E-state index contributed by atoms with van der Waals surface area (Å²) in [4.78, 5) is 4.27. The molecule has 0 amide bonds. The van der Waals surface area contributed by atoms with E-state index in [-0.39, 0.29) is 11.8 Å². The number of hydrogen-bond donors (Lipinski definition) is 2. The van der Waals surface area contributed by atoms with E-state index in [9.17, 15) is 10.4 Å². The van der Waals surface area contributed by atoms with Gasteiger partial charge < -0.3 is 10.8 Å². The molecule has 1 aromatic heterocycles. The molecule has 1 aromatic carbocycles. The Labute approximate surface area is 117 Å². The minimum atomic E-state index is 0.196. The van der Waals surface area contributed by atoms with Gasteiger partial charge in [-0.1, -0.05) is 6.42 Å². The number of pyridine rings is 1. The predicted molar refractivity (Wildman–Crippen MR) is 77.3 cm³/mol. The van der Waals surface area contributed by atoms with Gasteiger partial charge in [0, 0.05) is 17.6 Å². The molecule has 102 valence electrons. The SMILES string of the molecule is N#Cc1ccc(O)c2c(C3CCCC(N)C3)ccnc12. The fourth-order valence-corrected chi connectivity index (χ4v) is 3.22. The number of phenolic OH excluding ortho intramolecular Hbond substituents is 1. The van der Waals surface area contributed by atoms with Gasteiger partial charge in [0.25, 0.3) is 0 Å². The minimum Gasteiger partial charge on any atom is -0.507 e. The van der Waals surface area contributed by atoms with Crippen LogP contribution in [-0.4, -0.2) is 16.1 Å². The maximum absolute atomic E-state index is 10.2. The average Bonchev–Trinajstić information content (AvgIpc) is 2.47. The lowest BCUT2D eigenvalue weighted by Gasteiger charge is -2.27. The van der Waals surface area contributed by atoms with Crippen LogP contribution in [0.1, 0.15) is 42.7 Å². The van der Waals surface area contributed by atoms with E-state index < -0.39 is 0 Å². The second-order valence-corrected chi connectivity index (χ2v) is 5.49. The fraction of sp³-hybridized carbons (Fsp3) is 0.375. The second kappa shape index (κ2) is 5.10. The van der Waals surface area contributed by atoms with Gasteiger partial charge in [-0.25, -0.2) is 0 Å². The predicted octanol–water partition coefficient (Wildman–Crippen LogP) is 2.80. The molecular formula is C16H17N3O. The van der Waals surface area contributed by atoms with Crippen molar-refractivity contribution in [1.82, 2.24) is 4.98 Å². The molecule has 0 bridgehead atoms. The van der Waals surface area contributed by atoms with E-state index in [2.05, 4.69) is 11.1 Å². The van der Waals surface area contributed by atoms with Crippen LogP contribution < -0.4 is 5.73 Å². The molecule has 1 heterocycles. The number of nitriles is 1. The monoisotopic (exact) mass is 267 g/mol. The Kier molecular flexibility index (Phi) is 3.29. The van der Waals surface area contributed by atoms with E-state index in [4.69, 9.17) is 5.73 Å². The van der Waals surface area contributed by atoms with Crippen molar-refractivity contribution in [3.63, 3.8) is 0 Å². The molecule has 4 nitrogen and oxygen atoms in total. The van der Waals surface area contributed by atoms with E-state index in [0.717, 1.165) is 31.2 Å². The summed E-state index contributed by atoms with van der Waals surface area (Å²) in [5, 5.41) is 20.1. The molecular weight excluding hydrogens is 250 g/mol. The van der Waals surface area contributed by atoms with Crippen LogP contribution in [0.2, 0.25) is 0 Å². The van der Waals surface area contributed by atoms with Crippen molar-refractivity contribution in [2.75, 3.05) is 0 Å². The van der Waals surface area contributed by atoms with Crippen LogP contribution in [0.25, 0.3) is 10.9 Å². The highest BCUT2D eigenvalue weighted by atomic mass is 16.3. The number of aromatic nitrogens is 1. The molecule has 1 aliphatic rings. The third-order valence-electron chi connectivity index (χ3n) is 4.18. The lowest BCUT2D eigenvalue weighted by molar-refractivity contribution is 0.394. The molecule has 2 aromatic rings. The average molecular weight is 267 g/mol. The van der Waals surface area contributed by atoms with Crippen molar-refractivity contribution in [2.24, 2.45) is 5.73 Å². The van der Waals surface area contributed by atoms with Gasteiger partial charge in [-0.2, -0.15) is 5.26 Å². The van der Waals surface area contributed by atoms with E-state index in [1.165, 1.54) is 0 Å². The summed E-state index contributed by atoms with van der Waals surface area (Å²) in [7, 11) is 0. The molecule has 2 unspecified atom stereocenters. The number of aromatic hydroxyl groups is 1. The Hall–Kier alpha value is -2.12. The molecule has 0 radical (unpaired) electrons. The summed E-state index contributed by atoms with van der Waals surface area (Å²) in [6.45, 7) is 0. The van der Waals surface area contributed by atoms with Gasteiger partial charge in [0.2, 0.25) is 0 Å². The van der Waals surface area contributed by atoms with Gasteiger partial charge in [0.05, 0.1) is 11.1 Å². The van der Waals surface area contributed by atoms with Crippen molar-refractivity contribution in [1.29, 1.82) is 5.26 Å². The number of hydrogen-bond acceptors (Lipinski definition) is 4. The maximum Gasteiger partial charge on any atom is 0.125 e. The molecule has 0 saturated heterocycles. The van der Waals surface area contributed by atoms with Gasteiger partial charge in [-0.3, -0.25) is 4.98 Å². The summed E-state index contributed by atoms with van der Waals surface area (Å²) in [5.74, 6) is 0.533. The van der Waals surface area contributed by atoms with Crippen molar-refractivity contribution >= 4 is 10.9 Å². The van der Waals surface area contributed by atoms with Crippen LogP contribution >= 0.6 is 0 Å². The first kappa shape index (κ1) is 12.9. The van der Waals surface area contributed by atoms with Gasteiger partial charge in [0.15, 0.2) is 0 Å². The molecule has 1 fully saturated rings. The standard InChI is InChI=1S/C16H17N3O/c17-9-11-4-5-14(20)15-13(6-7-19-16(11)15)10-2-1-3-12(18)8-10/h4-7,10,12,20H,1-3,8,18H2. The number of nitrogens with zero attached hydrogens (tertiary/aromatic N) is 2. The lowest BCUT2D eigenvalue weighted by Crippen LogP contribution is -2.26. The van der Waals surface area contributed by atoms with Crippen molar-refractivity contribution in [3.8, 4) is 11.8 Å². The Balaban J connectivity index is 2.19. The zero-order chi connectivity index (χ0) is 14.1. The highest BCUT2D eigenvalue weighted by molar-refractivity contribution is 5.92. The van der Waals surface area contributed by atoms with Crippen LogP contribution in [0.15, 0.2) is 24.4 Å². The number of fused-ring (bicyclic) bond motifs is 1. The zero-order valence-electron chi connectivity index (χ0n) is 11.2. The first-order chi connectivity index (χ1) is 9.70. The Bertz CT molecular complexity index is 690. The highest BCUT2D eigenvalue weighted by Gasteiger charge is 2.24. The van der Waals surface area contributed by atoms with Crippen LogP contribution in [0.4, 0.5) is 0 Å². The Morgan fingerprint density at radius 2 is 2.15 bits per heavy atom. The van der Waals surface area contributed by atoms with Crippen molar-refractivity contribution in [3.05, 3.63) is 35.5 Å². The third kappa shape index (κ3) is 2.10. The summed E-state index contributed by atoms with van der Waals surface area (Å²) in [6.07, 6.45) is 5.89. The van der Waals surface area contributed by atoms with Crippen LogP contribution in [0.5, 0.6) is 5.75 Å². The Morgan fingerprint density at radius 3 is 2.90 bits per heavy atom. The molecule has 0 spiro atoms. The quantitative estimate of drug-likeness (QED) is 0.832. The summed E-state index contributed by atoms with van der Waals surface area (Å²) >= 11 is 0. The number of rotatable bonds is 1. The highest BCUT2D eigenvalue weighted by Crippen LogP contribution is 2.39. The first-order valence-electron chi connectivity index (χ1n) is 6.97. The maximum atomic E-state index is 10.2. The smallest absolute Gasteiger partial charge is 0.125 e.